The molecule has 1 amide bonds. The summed E-state index contributed by atoms with van der Waals surface area (Å²) in [5.74, 6) is -1.73. The molecule has 0 bridgehead atoms. The second-order valence-electron chi connectivity index (χ2n) is 9.70. The number of nitrogens with zero attached hydrogens (tertiary/aromatic N) is 1. The largest absolute Gasteiger partial charge is 0.481 e. The number of carboxylic acids is 1. The number of aromatic nitrogens is 1. The Hall–Kier alpha value is -3.23. The quantitative estimate of drug-likeness (QED) is 0.325. The molecule has 0 aliphatic carbocycles. The molecule has 7 nitrogen and oxygen atoms in total. The minimum atomic E-state index is -1.47. The van der Waals surface area contributed by atoms with E-state index in [0.29, 0.717) is 34.2 Å². The van der Waals surface area contributed by atoms with Gasteiger partial charge < -0.3 is 20.1 Å². The Balaban J connectivity index is 1.82. The predicted molar refractivity (Wildman–Crippen MR) is 134 cm³/mol. The second-order valence-corrected chi connectivity index (χ2v) is 10.1. The highest BCUT2D eigenvalue weighted by Crippen LogP contribution is 2.28. The molecular weight excluding hydrogens is 487 g/mol. The van der Waals surface area contributed by atoms with Gasteiger partial charge in [0.25, 0.3) is 5.91 Å². The van der Waals surface area contributed by atoms with Crippen LogP contribution in [0.4, 0.5) is 4.39 Å². The lowest BCUT2D eigenvalue weighted by Crippen LogP contribution is -2.44. The normalized spacial score (nSPS) is 13.9. The van der Waals surface area contributed by atoms with Crippen molar-refractivity contribution in [1.82, 2.24) is 10.5 Å². The molecular formula is C27H30ClFN2O5. The third-order valence-electron chi connectivity index (χ3n) is 5.97. The van der Waals surface area contributed by atoms with E-state index in [-0.39, 0.29) is 18.6 Å². The first kappa shape index (κ1) is 27.4. The molecule has 0 spiro atoms. The van der Waals surface area contributed by atoms with Crippen LogP contribution in [0.2, 0.25) is 5.02 Å². The highest BCUT2D eigenvalue weighted by atomic mass is 35.5. The number of halogens is 2. The topological polar surface area (TPSA) is 113 Å². The summed E-state index contributed by atoms with van der Waals surface area (Å²) >= 11 is 6.01. The smallest absolute Gasteiger partial charge is 0.311 e. The Kier molecular flexibility index (Phi) is 8.87. The molecule has 0 saturated carbocycles. The number of carbonyl (C=O) groups is 2. The fourth-order valence-electron chi connectivity index (χ4n) is 3.95. The van der Waals surface area contributed by atoms with Crippen molar-refractivity contribution in [2.75, 3.05) is 6.61 Å². The van der Waals surface area contributed by atoms with E-state index in [9.17, 15) is 24.2 Å². The van der Waals surface area contributed by atoms with Crippen LogP contribution in [0.3, 0.4) is 0 Å². The van der Waals surface area contributed by atoms with Crippen LogP contribution < -0.4 is 5.32 Å². The molecule has 192 valence electrons. The predicted octanol–water partition coefficient (Wildman–Crippen LogP) is 5.15. The lowest BCUT2D eigenvalue weighted by molar-refractivity contribution is -0.151. The summed E-state index contributed by atoms with van der Waals surface area (Å²) in [5.41, 5.74) is 0.965. The maximum absolute atomic E-state index is 14.2. The van der Waals surface area contributed by atoms with Gasteiger partial charge in [0.15, 0.2) is 0 Å². The Morgan fingerprint density at radius 3 is 2.44 bits per heavy atom. The van der Waals surface area contributed by atoms with Gasteiger partial charge in [-0.3, -0.25) is 9.59 Å². The van der Waals surface area contributed by atoms with Gasteiger partial charge in [0.1, 0.15) is 5.82 Å². The average Bonchev–Trinajstić information content (AvgIpc) is 3.29. The molecule has 0 radical (unpaired) electrons. The molecule has 36 heavy (non-hydrogen) atoms. The summed E-state index contributed by atoms with van der Waals surface area (Å²) in [4.78, 5) is 24.7. The van der Waals surface area contributed by atoms with Gasteiger partial charge in [-0.15, -0.1) is 0 Å². The minimum absolute atomic E-state index is 0.0256. The van der Waals surface area contributed by atoms with E-state index in [1.54, 1.807) is 36.4 Å². The van der Waals surface area contributed by atoms with Gasteiger partial charge >= 0.3 is 5.97 Å². The number of carboxylic acid groups (broad SMARTS) is 1. The van der Waals surface area contributed by atoms with Gasteiger partial charge in [-0.1, -0.05) is 54.9 Å². The number of benzene rings is 2. The van der Waals surface area contributed by atoms with Crippen LogP contribution in [0.1, 0.15) is 49.0 Å². The average molecular weight is 517 g/mol. The van der Waals surface area contributed by atoms with Gasteiger partial charge in [0.2, 0.25) is 5.76 Å². The van der Waals surface area contributed by atoms with E-state index in [2.05, 4.69) is 10.5 Å². The van der Waals surface area contributed by atoms with Crippen LogP contribution in [-0.2, 0) is 17.6 Å². The Bertz CT molecular complexity index is 1210. The van der Waals surface area contributed by atoms with Gasteiger partial charge in [0, 0.05) is 22.7 Å². The third-order valence-corrected chi connectivity index (χ3v) is 6.21. The first-order chi connectivity index (χ1) is 17.0. The first-order valence-corrected chi connectivity index (χ1v) is 12.0. The fourth-order valence-corrected chi connectivity index (χ4v) is 4.12. The molecule has 1 heterocycles. The second kappa shape index (κ2) is 11.7. The zero-order valence-electron chi connectivity index (χ0n) is 20.4. The molecule has 3 rings (SSSR count). The van der Waals surface area contributed by atoms with E-state index in [1.165, 1.54) is 19.1 Å². The zero-order chi connectivity index (χ0) is 26.5. The fraction of sp³-hybridized carbons (Fsp3) is 0.370. The van der Waals surface area contributed by atoms with Crippen LogP contribution in [0.15, 0.2) is 53.1 Å². The highest BCUT2D eigenvalue weighted by molar-refractivity contribution is 6.30. The summed E-state index contributed by atoms with van der Waals surface area (Å²) in [5, 5.41) is 26.6. The lowest BCUT2D eigenvalue weighted by atomic mass is 9.82. The maximum Gasteiger partial charge on any atom is 0.311 e. The molecule has 0 fully saturated rings. The Morgan fingerprint density at radius 1 is 1.14 bits per heavy atom. The molecule has 2 aromatic carbocycles. The van der Waals surface area contributed by atoms with E-state index < -0.39 is 35.8 Å². The minimum Gasteiger partial charge on any atom is -0.481 e. The van der Waals surface area contributed by atoms with E-state index in [0.717, 1.165) is 5.56 Å². The monoisotopic (exact) mass is 516 g/mol. The van der Waals surface area contributed by atoms with Gasteiger partial charge in [0.05, 0.1) is 17.7 Å². The van der Waals surface area contributed by atoms with Crippen LogP contribution in [0.25, 0.3) is 11.1 Å². The number of hydrogen-bond acceptors (Lipinski definition) is 5. The van der Waals surface area contributed by atoms with Crippen LogP contribution >= 0.6 is 11.6 Å². The van der Waals surface area contributed by atoms with Gasteiger partial charge in [-0.2, -0.15) is 0 Å². The molecule has 0 aliphatic heterocycles. The summed E-state index contributed by atoms with van der Waals surface area (Å²) in [6.07, 6.45) is 0.906. The van der Waals surface area contributed by atoms with Crippen molar-refractivity contribution in [1.29, 1.82) is 0 Å². The van der Waals surface area contributed by atoms with Crippen molar-refractivity contribution in [2.45, 2.75) is 46.1 Å². The summed E-state index contributed by atoms with van der Waals surface area (Å²) in [6.45, 7) is 4.88. The van der Waals surface area contributed by atoms with Crippen LogP contribution in [0.5, 0.6) is 0 Å². The number of rotatable bonds is 11. The molecule has 1 aromatic heterocycles. The van der Waals surface area contributed by atoms with Gasteiger partial charge in [-0.25, -0.2) is 4.39 Å². The van der Waals surface area contributed by atoms with Crippen molar-refractivity contribution in [3.63, 3.8) is 0 Å². The van der Waals surface area contributed by atoms with Crippen LogP contribution in [0, 0.1) is 17.2 Å². The van der Waals surface area contributed by atoms with E-state index in [4.69, 9.17) is 16.1 Å². The van der Waals surface area contributed by atoms with Crippen molar-refractivity contribution in [2.24, 2.45) is 11.3 Å². The highest BCUT2D eigenvalue weighted by Gasteiger charge is 2.36. The number of carbonyl (C=O) groups excluding carboxylic acids is 1. The summed E-state index contributed by atoms with van der Waals surface area (Å²) in [7, 11) is 0. The van der Waals surface area contributed by atoms with Crippen molar-refractivity contribution < 1.29 is 28.7 Å². The third kappa shape index (κ3) is 6.92. The number of aliphatic hydroxyl groups excluding tert-OH is 1. The molecule has 2 unspecified atom stereocenters. The van der Waals surface area contributed by atoms with E-state index in [1.807, 2.05) is 13.8 Å². The lowest BCUT2D eigenvalue weighted by Gasteiger charge is -2.28. The standard InChI is InChI=1S/C27H30ClFN2O5/c1-16(2)10-20-13-24(36-31-20)25(33)30-21(14-27(3,15-32)26(34)35)11-17-4-6-18(7-5-17)22-12-19(28)8-9-23(22)29/h4-9,12-13,16,21,32H,10-11,14-15H2,1-3H3,(H,30,33)(H,34,35). The van der Waals surface area contributed by atoms with Crippen molar-refractivity contribution in [3.05, 3.63) is 76.4 Å². The Labute approximate surface area is 214 Å². The number of amides is 1. The summed E-state index contributed by atoms with van der Waals surface area (Å²) < 4.78 is 19.4. The summed E-state index contributed by atoms with van der Waals surface area (Å²) in [6, 6.07) is 12.3. The molecule has 0 saturated heterocycles. The van der Waals surface area contributed by atoms with E-state index >= 15 is 0 Å². The number of nitrogens with one attached hydrogen (secondary N) is 1. The molecule has 3 N–H and O–H groups in total. The Morgan fingerprint density at radius 2 is 1.83 bits per heavy atom. The SMILES string of the molecule is CC(C)Cc1cc(C(=O)NC(Cc2ccc(-c3cc(Cl)ccc3F)cc2)CC(C)(CO)C(=O)O)on1. The maximum atomic E-state index is 14.2. The van der Waals surface area contributed by atoms with Crippen molar-refractivity contribution in [3.8, 4) is 11.1 Å². The molecule has 2 atom stereocenters. The number of hydrogen-bond donors (Lipinski definition) is 3. The zero-order valence-corrected chi connectivity index (χ0v) is 21.2. The molecule has 0 aliphatic rings. The number of aliphatic hydroxyl groups is 1. The van der Waals surface area contributed by atoms with Crippen LogP contribution in [-0.4, -0.2) is 39.9 Å². The van der Waals surface area contributed by atoms with Crippen molar-refractivity contribution >= 4 is 23.5 Å². The first-order valence-electron chi connectivity index (χ1n) is 11.7. The molecule has 3 aromatic rings. The molecule has 9 heteroatoms. The van der Waals surface area contributed by atoms with Gasteiger partial charge in [-0.05, 0) is 61.4 Å². The number of aliphatic carboxylic acids is 1.